The van der Waals surface area contributed by atoms with Gasteiger partial charge in [-0.25, -0.2) is 4.98 Å². The Balaban J connectivity index is 1.97. The topological polar surface area (TPSA) is 71.5 Å². The molecule has 0 fully saturated rings. The van der Waals surface area contributed by atoms with Crippen LogP contribution in [0.3, 0.4) is 0 Å². The lowest BCUT2D eigenvalue weighted by Gasteiger charge is -2.10. The number of carbonyl (C=O) groups excluding carboxylic acids is 1. The molecule has 5 nitrogen and oxygen atoms in total. The maximum Gasteiger partial charge on any atom is 0.255 e. The SMILES string of the molecule is Cc1cccc(C(=O)NCc2ccc(OC(C)C)nc2)c1O. The summed E-state index contributed by atoms with van der Waals surface area (Å²) < 4.78 is 5.46. The van der Waals surface area contributed by atoms with E-state index in [-0.39, 0.29) is 23.3 Å². The van der Waals surface area contributed by atoms with Gasteiger partial charge < -0.3 is 15.2 Å². The first-order chi connectivity index (χ1) is 10.5. The van der Waals surface area contributed by atoms with Gasteiger partial charge >= 0.3 is 0 Å². The zero-order chi connectivity index (χ0) is 16.1. The van der Waals surface area contributed by atoms with E-state index < -0.39 is 0 Å². The molecule has 2 aromatic rings. The second-order valence-corrected chi connectivity index (χ2v) is 5.33. The highest BCUT2D eigenvalue weighted by atomic mass is 16.5. The summed E-state index contributed by atoms with van der Waals surface area (Å²) in [5, 5.41) is 12.7. The molecule has 2 N–H and O–H groups in total. The summed E-state index contributed by atoms with van der Waals surface area (Å²) in [6.07, 6.45) is 1.73. The van der Waals surface area contributed by atoms with Crippen LogP contribution in [-0.2, 0) is 6.54 Å². The maximum absolute atomic E-state index is 12.1. The molecule has 1 aromatic carbocycles. The first kappa shape index (κ1) is 15.8. The molecule has 0 atom stereocenters. The quantitative estimate of drug-likeness (QED) is 0.890. The van der Waals surface area contributed by atoms with E-state index in [4.69, 9.17) is 4.74 Å². The molecule has 2 rings (SSSR count). The van der Waals surface area contributed by atoms with Crippen molar-refractivity contribution in [2.75, 3.05) is 0 Å². The molecule has 0 saturated heterocycles. The Labute approximate surface area is 130 Å². The van der Waals surface area contributed by atoms with Gasteiger partial charge in [0.15, 0.2) is 0 Å². The summed E-state index contributed by atoms with van der Waals surface area (Å²) in [7, 11) is 0. The largest absolute Gasteiger partial charge is 0.507 e. The number of hydrogen-bond acceptors (Lipinski definition) is 4. The number of aromatic nitrogens is 1. The average Bonchev–Trinajstić information content (AvgIpc) is 2.48. The van der Waals surface area contributed by atoms with Crippen molar-refractivity contribution in [3.63, 3.8) is 0 Å². The molecule has 0 bridgehead atoms. The van der Waals surface area contributed by atoms with Crippen LogP contribution in [0, 0.1) is 6.92 Å². The fourth-order valence-corrected chi connectivity index (χ4v) is 1.95. The smallest absolute Gasteiger partial charge is 0.255 e. The van der Waals surface area contributed by atoms with Gasteiger partial charge in [-0.05, 0) is 38.0 Å². The summed E-state index contributed by atoms with van der Waals surface area (Å²) >= 11 is 0. The molecule has 5 heteroatoms. The molecule has 1 heterocycles. The highest BCUT2D eigenvalue weighted by Crippen LogP contribution is 2.21. The monoisotopic (exact) mass is 300 g/mol. The van der Waals surface area contributed by atoms with E-state index in [1.807, 2.05) is 19.9 Å². The van der Waals surface area contributed by atoms with Gasteiger partial charge in [0.2, 0.25) is 5.88 Å². The predicted molar refractivity (Wildman–Crippen MR) is 84.0 cm³/mol. The minimum absolute atomic E-state index is 0.0128. The fourth-order valence-electron chi connectivity index (χ4n) is 1.95. The zero-order valence-electron chi connectivity index (χ0n) is 13.0. The second-order valence-electron chi connectivity index (χ2n) is 5.33. The van der Waals surface area contributed by atoms with Crippen LogP contribution < -0.4 is 10.1 Å². The number of aromatic hydroxyl groups is 1. The first-order valence-corrected chi connectivity index (χ1v) is 7.15. The molecule has 0 radical (unpaired) electrons. The number of amides is 1. The standard InChI is InChI=1S/C17H20N2O3/c1-11(2)22-15-8-7-13(9-18-15)10-19-17(21)14-6-4-5-12(3)16(14)20/h4-9,11,20H,10H2,1-3H3,(H,19,21). The molecule has 0 aliphatic rings. The van der Waals surface area contributed by atoms with Crippen LogP contribution >= 0.6 is 0 Å². The molecular formula is C17H20N2O3. The lowest BCUT2D eigenvalue weighted by atomic mass is 10.1. The lowest BCUT2D eigenvalue weighted by Crippen LogP contribution is -2.23. The minimum Gasteiger partial charge on any atom is -0.507 e. The Bertz CT molecular complexity index is 651. The number of rotatable bonds is 5. The summed E-state index contributed by atoms with van der Waals surface area (Å²) in [5.74, 6) is 0.254. The summed E-state index contributed by atoms with van der Waals surface area (Å²) in [6.45, 7) is 5.96. The number of carbonyl (C=O) groups is 1. The number of benzene rings is 1. The van der Waals surface area contributed by atoms with Crippen molar-refractivity contribution in [2.45, 2.75) is 33.4 Å². The van der Waals surface area contributed by atoms with Crippen molar-refractivity contribution < 1.29 is 14.6 Å². The first-order valence-electron chi connectivity index (χ1n) is 7.15. The van der Waals surface area contributed by atoms with Gasteiger partial charge in [-0.2, -0.15) is 0 Å². The lowest BCUT2D eigenvalue weighted by molar-refractivity contribution is 0.0948. The van der Waals surface area contributed by atoms with Crippen molar-refractivity contribution in [1.82, 2.24) is 10.3 Å². The van der Waals surface area contributed by atoms with E-state index in [1.54, 1.807) is 37.4 Å². The molecule has 0 saturated carbocycles. The average molecular weight is 300 g/mol. The minimum atomic E-state index is -0.316. The highest BCUT2D eigenvalue weighted by Gasteiger charge is 2.12. The zero-order valence-corrected chi connectivity index (χ0v) is 13.0. The normalized spacial score (nSPS) is 10.5. The van der Waals surface area contributed by atoms with E-state index in [0.29, 0.717) is 18.0 Å². The Hall–Kier alpha value is -2.56. The van der Waals surface area contributed by atoms with Crippen LogP contribution in [0.5, 0.6) is 11.6 Å². The van der Waals surface area contributed by atoms with E-state index >= 15 is 0 Å². The second kappa shape index (κ2) is 6.93. The van der Waals surface area contributed by atoms with Gasteiger partial charge in [0, 0.05) is 18.8 Å². The Morgan fingerprint density at radius 2 is 2.09 bits per heavy atom. The van der Waals surface area contributed by atoms with E-state index in [0.717, 1.165) is 5.56 Å². The highest BCUT2D eigenvalue weighted by molar-refractivity contribution is 5.97. The number of ether oxygens (including phenoxy) is 1. The predicted octanol–water partition coefficient (Wildman–Crippen LogP) is 2.81. The van der Waals surface area contributed by atoms with Gasteiger partial charge in [0.05, 0.1) is 11.7 Å². The Morgan fingerprint density at radius 1 is 1.32 bits per heavy atom. The van der Waals surface area contributed by atoms with Gasteiger partial charge in [-0.1, -0.05) is 18.2 Å². The number of phenols is 1. The molecule has 0 spiro atoms. The number of phenolic OH excluding ortho intramolecular Hbond substituents is 1. The van der Waals surface area contributed by atoms with Crippen LogP contribution in [-0.4, -0.2) is 22.1 Å². The van der Waals surface area contributed by atoms with Crippen molar-refractivity contribution >= 4 is 5.91 Å². The maximum atomic E-state index is 12.1. The summed E-state index contributed by atoms with van der Waals surface area (Å²) in [6, 6.07) is 8.70. The van der Waals surface area contributed by atoms with Crippen molar-refractivity contribution in [3.05, 3.63) is 53.2 Å². The van der Waals surface area contributed by atoms with Gasteiger partial charge in [0.1, 0.15) is 5.75 Å². The molecular weight excluding hydrogens is 280 g/mol. The van der Waals surface area contributed by atoms with Crippen LogP contribution in [0.25, 0.3) is 0 Å². The molecule has 0 aliphatic carbocycles. The van der Waals surface area contributed by atoms with E-state index in [2.05, 4.69) is 10.3 Å². The van der Waals surface area contributed by atoms with Crippen molar-refractivity contribution in [1.29, 1.82) is 0 Å². The van der Waals surface area contributed by atoms with Crippen LogP contribution in [0.15, 0.2) is 36.5 Å². The fraction of sp³-hybridized carbons (Fsp3) is 0.294. The third kappa shape index (κ3) is 3.97. The van der Waals surface area contributed by atoms with Gasteiger partial charge in [-0.3, -0.25) is 4.79 Å². The number of nitrogens with one attached hydrogen (secondary N) is 1. The Kier molecular flexibility index (Phi) is 4.99. The number of pyridine rings is 1. The molecule has 116 valence electrons. The van der Waals surface area contributed by atoms with Crippen molar-refractivity contribution in [2.24, 2.45) is 0 Å². The molecule has 1 aromatic heterocycles. The Morgan fingerprint density at radius 3 is 2.73 bits per heavy atom. The third-order valence-corrected chi connectivity index (χ3v) is 3.09. The van der Waals surface area contributed by atoms with Crippen LogP contribution in [0.2, 0.25) is 0 Å². The van der Waals surface area contributed by atoms with Crippen LogP contribution in [0.1, 0.15) is 35.3 Å². The van der Waals surface area contributed by atoms with Crippen molar-refractivity contribution in [3.8, 4) is 11.6 Å². The number of para-hydroxylation sites is 1. The molecule has 0 aliphatic heterocycles. The third-order valence-electron chi connectivity index (χ3n) is 3.09. The molecule has 22 heavy (non-hydrogen) atoms. The summed E-state index contributed by atoms with van der Waals surface area (Å²) in [4.78, 5) is 16.3. The summed E-state index contributed by atoms with van der Waals surface area (Å²) in [5.41, 5.74) is 1.80. The molecule has 1 amide bonds. The number of hydrogen-bond donors (Lipinski definition) is 2. The van der Waals surface area contributed by atoms with Crippen LogP contribution in [0.4, 0.5) is 0 Å². The van der Waals surface area contributed by atoms with E-state index in [1.165, 1.54) is 0 Å². The van der Waals surface area contributed by atoms with Gasteiger partial charge in [0.25, 0.3) is 5.91 Å². The molecule has 0 unspecified atom stereocenters. The van der Waals surface area contributed by atoms with E-state index in [9.17, 15) is 9.90 Å². The number of nitrogens with zero attached hydrogens (tertiary/aromatic N) is 1. The van der Waals surface area contributed by atoms with Gasteiger partial charge in [-0.15, -0.1) is 0 Å². The number of aryl methyl sites for hydroxylation is 1.